The number of Topliss-reactive ketones (excluding diaryl/α,β-unsaturated/α-hetero) is 1. The topological polar surface area (TPSA) is 75.7 Å². The average molecular weight is 324 g/mol. The summed E-state index contributed by atoms with van der Waals surface area (Å²) in [6, 6.07) is 13.8. The van der Waals surface area contributed by atoms with Crippen molar-refractivity contribution in [3.05, 3.63) is 54.1 Å². The number of para-hydroxylation sites is 3. The molecule has 2 amide bonds. The number of anilines is 2. The molecule has 0 aromatic heterocycles. The Bertz CT molecular complexity index is 816. The Morgan fingerprint density at radius 3 is 2.62 bits per heavy atom. The van der Waals surface area contributed by atoms with Crippen LogP contribution in [0.25, 0.3) is 0 Å². The second-order valence-electron chi connectivity index (χ2n) is 5.39. The summed E-state index contributed by atoms with van der Waals surface area (Å²) < 4.78 is 5.52. The molecular formula is C18H16N2O4. The molecule has 1 aliphatic heterocycles. The molecule has 6 heteroatoms. The van der Waals surface area contributed by atoms with Crippen LogP contribution in [0.15, 0.2) is 48.5 Å². The molecule has 1 aliphatic rings. The van der Waals surface area contributed by atoms with Gasteiger partial charge in [0.15, 0.2) is 12.4 Å². The van der Waals surface area contributed by atoms with E-state index in [9.17, 15) is 14.4 Å². The van der Waals surface area contributed by atoms with Gasteiger partial charge in [-0.2, -0.15) is 0 Å². The van der Waals surface area contributed by atoms with E-state index in [1.165, 1.54) is 11.8 Å². The van der Waals surface area contributed by atoms with Gasteiger partial charge in [-0.25, -0.2) is 0 Å². The van der Waals surface area contributed by atoms with E-state index < -0.39 is 0 Å². The van der Waals surface area contributed by atoms with E-state index in [4.69, 9.17) is 4.74 Å². The largest absolute Gasteiger partial charge is 0.483 e. The number of nitrogens with zero attached hydrogens (tertiary/aromatic N) is 1. The van der Waals surface area contributed by atoms with Crippen molar-refractivity contribution >= 4 is 29.0 Å². The minimum absolute atomic E-state index is 0.0619. The summed E-state index contributed by atoms with van der Waals surface area (Å²) in [5.74, 6) is -0.393. The Balaban J connectivity index is 1.77. The number of amides is 2. The van der Waals surface area contributed by atoms with Crippen molar-refractivity contribution < 1.29 is 19.1 Å². The second-order valence-corrected chi connectivity index (χ2v) is 5.39. The molecule has 0 unspecified atom stereocenters. The smallest absolute Gasteiger partial charge is 0.265 e. The molecule has 0 bridgehead atoms. The maximum atomic E-state index is 12.5. The highest BCUT2D eigenvalue weighted by Gasteiger charge is 2.26. The van der Waals surface area contributed by atoms with E-state index in [1.807, 2.05) is 0 Å². The van der Waals surface area contributed by atoms with Crippen LogP contribution in [0.3, 0.4) is 0 Å². The summed E-state index contributed by atoms with van der Waals surface area (Å²) >= 11 is 0. The average Bonchev–Trinajstić information content (AvgIpc) is 2.59. The summed E-state index contributed by atoms with van der Waals surface area (Å²) in [7, 11) is 0. The lowest BCUT2D eigenvalue weighted by Gasteiger charge is -2.29. The lowest BCUT2D eigenvalue weighted by Crippen LogP contribution is -2.44. The van der Waals surface area contributed by atoms with Crippen molar-refractivity contribution in [2.75, 3.05) is 23.4 Å². The fraction of sp³-hybridized carbons (Fsp3) is 0.167. The van der Waals surface area contributed by atoms with Crippen LogP contribution in [0, 0.1) is 0 Å². The molecule has 0 radical (unpaired) electrons. The zero-order chi connectivity index (χ0) is 17.1. The van der Waals surface area contributed by atoms with Crippen molar-refractivity contribution in [2.45, 2.75) is 6.92 Å². The molecule has 1 heterocycles. The number of hydrogen-bond acceptors (Lipinski definition) is 4. The molecule has 0 saturated heterocycles. The van der Waals surface area contributed by atoms with Crippen molar-refractivity contribution in [3.8, 4) is 5.75 Å². The van der Waals surface area contributed by atoms with Gasteiger partial charge in [-0.3, -0.25) is 19.3 Å². The fourth-order valence-electron chi connectivity index (χ4n) is 2.56. The Labute approximate surface area is 139 Å². The number of benzene rings is 2. The summed E-state index contributed by atoms with van der Waals surface area (Å²) in [6.45, 7) is 1.12. The molecular weight excluding hydrogens is 308 g/mol. The Morgan fingerprint density at radius 2 is 1.83 bits per heavy atom. The predicted octanol–water partition coefficient (Wildman–Crippen LogP) is 2.25. The van der Waals surface area contributed by atoms with Crippen LogP contribution in [0.2, 0.25) is 0 Å². The molecule has 122 valence electrons. The van der Waals surface area contributed by atoms with Gasteiger partial charge in [-0.05, 0) is 31.2 Å². The van der Waals surface area contributed by atoms with Gasteiger partial charge >= 0.3 is 0 Å². The first kappa shape index (κ1) is 15.7. The first-order chi connectivity index (χ1) is 11.6. The fourth-order valence-corrected chi connectivity index (χ4v) is 2.56. The van der Waals surface area contributed by atoms with Gasteiger partial charge in [0.1, 0.15) is 12.3 Å². The minimum atomic E-state index is -0.351. The van der Waals surface area contributed by atoms with Crippen molar-refractivity contribution in [3.63, 3.8) is 0 Å². The molecule has 2 aromatic carbocycles. The zero-order valence-electron chi connectivity index (χ0n) is 13.1. The second kappa shape index (κ2) is 6.54. The van der Waals surface area contributed by atoms with Gasteiger partial charge in [0.05, 0.1) is 16.9 Å². The van der Waals surface area contributed by atoms with E-state index >= 15 is 0 Å². The van der Waals surface area contributed by atoms with E-state index in [1.54, 1.807) is 48.5 Å². The summed E-state index contributed by atoms with van der Waals surface area (Å²) in [4.78, 5) is 37.2. The van der Waals surface area contributed by atoms with Crippen molar-refractivity contribution in [2.24, 2.45) is 0 Å². The van der Waals surface area contributed by atoms with Gasteiger partial charge in [0, 0.05) is 0 Å². The normalized spacial score (nSPS) is 13.0. The molecule has 0 aliphatic carbocycles. The van der Waals surface area contributed by atoms with Gasteiger partial charge in [0.2, 0.25) is 5.91 Å². The molecule has 0 saturated carbocycles. The molecule has 1 N–H and O–H groups in total. The van der Waals surface area contributed by atoms with Crippen LogP contribution in [0.1, 0.15) is 17.3 Å². The lowest BCUT2D eigenvalue weighted by atomic mass is 10.1. The van der Waals surface area contributed by atoms with E-state index in [2.05, 4.69) is 5.32 Å². The van der Waals surface area contributed by atoms with Gasteiger partial charge in [0.25, 0.3) is 5.91 Å². The van der Waals surface area contributed by atoms with Gasteiger partial charge in [-0.15, -0.1) is 0 Å². The van der Waals surface area contributed by atoms with E-state index in [0.29, 0.717) is 22.7 Å². The van der Waals surface area contributed by atoms with Gasteiger partial charge in [-0.1, -0.05) is 24.3 Å². The Hall–Kier alpha value is -3.15. The number of nitrogens with one attached hydrogen (secondary N) is 1. The molecule has 6 nitrogen and oxygen atoms in total. The van der Waals surface area contributed by atoms with Crippen LogP contribution in [-0.2, 0) is 9.59 Å². The van der Waals surface area contributed by atoms with E-state index in [-0.39, 0.29) is 30.7 Å². The molecule has 24 heavy (non-hydrogen) atoms. The number of carbonyl (C=O) groups excluding carboxylic acids is 3. The highest BCUT2D eigenvalue weighted by atomic mass is 16.5. The third kappa shape index (κ3) is 3.12. The van der Waals surface area contributed by atoms with Crippen LogP contribution in [0.4, 0.5) is 11.4 Å². The van der Waals surface area contributed by atoms with E-state index in [0.717, 1.165) is 0 Å². The third-order valence-corrected chi connectivity index (χ3v) is 3.69. The zero-order valence-corrected chi connectivity index (χ0v) is 13.1. The number of carbonyl (C=O) groups is 3. The summed E-state index contributed by atoms with van der Waals surface area (Å²) in [6.07, 6.45) is 0. The quantitative estimate of drug-likeness (QED) is 0.875. The number of fused-ring (bicyclic) bond motifs is 1. The van der Waals surface area contributed by atoms with Crippen LogP contribution >= 0.6 is 0 Å². The number of ketones is 1. The predicted molar refractivity (Wildman–Crippen MR) is 89.4 cm³/mol. The van der Waals surface area contributed by atoms with Crippen LogP contribution in [-0.4, -0.2) is 30.7 Å². The van der Waals surface area contributed by atoms with Gasteiger partial charge < -0.3 is 10.1 Å². The number of hydrogen-bond donors (Lipinski definition) is 1. The SMILES string of the molecule is CC(=O)c1ccccc1OCC(=O)N1CC(=O)Nc2ccccc21. The minimum Gasteiger partial charge on any atom is -0.483 e. The molecule has 0 spiro atoms. The molecule has 2 aromatic rings. The van der Waals surface area contributed by atoms with Crippen LogP contribution in [0.5, 0.6) is 5.75 Å². The molecule has 0 fully saturated rings. The monoisotopic (exact) mass is 324 g/mol. The summed E-state index contributed by atoms with van der Waals surface area (Å²) in [5.41, 5.74) is 1.64. The number of ether oxygens (including phenoxy) is 1. The highest BCUT2D eigenvalue weighted by Crippen LogP contribution is 2.29. The molecule has 0 atom stereocenters. The Morgan fingerprint density at radius 1 is 1.12 bits per heavy atom. The first-order valence-electron chi connectivity index (χ1n) is 7.48. The van der Waals surface area contributed by atoms with Crippen molar-refractivity contribution in [1.82, 2.24) is 0 Å². The third-order valence-electron chi connectivity index (χ3n) is 3.69. The van der Waals surface area contributed by atoms with Crippen LogP contribution < -0.4 is 15.0 Å². The number of rotatable bonds is 4. The maximum absolute atomic E-state index is 12.5. The highest BCUT2D eigenvalue weighted by molar-refractivity contribution is 6.10. The molecule has 3 rings (SSSR count). The lowest BCUT2D eigenvalue weighted by molar-refractivity contribution is -0.123. The Kier molecular flexibility index (Phi) is 4.29. The first-order valence-corrected chi connectivity index (χ1v) is 7.48. The maximum Gasteiger partial charge on any atom is 0.265 e. The summed E-state index contributed by atoms with van der Waals surface area (Å²) in [5, 5.41) is 2.72. The standard InChI is InChI=1S/C18H16N2O4/c1-12(21)13-6-2-5-9-16(13)24-11-18(23)20-10-17(22)19-14-7-3-4-8-15(14)20/h2-9H,10-11H2,1H3,(H,19,22). The van der Waals surface area contributed by atoms with Crippen molar-refractivity contribution in [1.29, 1.82) is 0 Å².